The number of anilines is 1. The van der Waals surface area contributed by atoms with E-state index in [1.54, 1.807) is 37.8 Å². The van der Waals surface area contributed by atoms with Gasteiger partial charge in [0.1, 0.15) is 11.6 Å². The number of benzene rings is 2. The molecule has 0 unspecified atom stereocenters. The summed E-state index contributed by atoms with van der Waals surface area (Å²) < 4.78 is 5.45. The van der Waals surface area contributed by atoms with Crippen molar-refractivity contribution in [2.75, 3.05) is 11.4 Å². The molecule has 3 heterocycles. The number of urea groups is 1. The zero-order chi connectivity index (χ0) is 29.3. The number of aromatic amines is 1. The highest BCUT2D eigenvalue weighted by Crippen LogP contribution is 2.30. The largest absolute Gasteiger partial charge is 0.444 e. The number of rotatable bonds is 6. The van der Waals surface area contributed by atoms with Crippen molar-refractivity contribution in [2.24, 2.45) is 0 Å². The van der Waals surface area contributed by atoms with Gasteiger partial charge in [-0.2, -0.15) is 0 Å². The lowest BCUT2D eigenvalue weighted by atomic mass is 9.91. The number of hydrogen-bond donors (Lipinski definition) is 3. The Labute approximate surface area is 239 Å². The Morgan fingerprint density at radius 2 is 1.83 bits per heavy atom. The van der Waals surface area contributed by atoms with E-state index in [9.17, 15) is 19.2 Å². The summed E-state index contributed by atoms with van der Waals surface area (Å²) in [5, 5.41) is 6.77. The van der Waals surface area contributed by atoms with Crippen LogP contribution in [0.2, 0.25) is 0 Å². The molecule has 2 aliphatic rings. The number of imide groups is 1. The SMILES string of the molecule is Cc1ccc(N2C(=O)C[C@@H]3[C@@H](NC(=O)[C@H](Cc4c[nH]c5ccccc45)NC(=O)OC(C)(C)C)CCCN3C2=O)cc1. The molecule has 216 valence electrons. The molecule has 3 aromatic rings. The number of hydrogen-bond acceptors (Lipinski definition) is 5. The van der Waals surface area contributed by atoms with Gasteiger partial charge in [-0.15, -0.1) is 0 Å². The molecule has 10 nitrogen and oxygen atoms in total. The molecule has 1 aromatic heterocycles. The van der Waals surface area contributed by atoms with Crippen LogP contribution in [0, 0.1) is 6.92 Å². The number of aromatic nitrogens is 1. The number of H-pyrrole nitrogens is 1. The van der Waals surface area contributed by atoms with Gasteiger partial charge in [0.15, 0.2) is 0 Å². The third-order valence-corrected chi connectivity index (χ3v) is 7.58. The lowest BCUT2D eigenvalue weighted by Gasteiger charge is -2.46. The molecule has 5 rings (SSSR count). The molecule has 5 amide bonds. The van der Waals surface area contributed by atoms with Crippen molar-refractivity contribution in [3.63, 3.8) is 0 Å². The van der Waals surface area contributed by atoms with Gasteiger partial charge in [0.2, 0.25) is 11.8 Å². The maximum absolute atomic E-state index is 13.7. The van der Waals surface area contributed by atoms with Gasteiger partial charge in [0.05, 0.1) is 18.2 Å². The van der Waals surface area contributed by atoms with Crippen LogP contribution in [0.5, 0.6) is 0 Å². The maximum atomic E-state index is 13.7. The van der Waals surface area contributed by atoms with Crippen molar-refractivity contribution in [1.82, 2.24) is 20.5 Å². The van der Waals surface area contributed by atoms with Crippen LogP contribution >= 0.6 is 0 Å². The molecule has 10 heteroatoms. The van der Waals surface area contributed by atoms with E-state index in [0.717, 1.165) is 22.0 Å². The zero-order valence-electron chi connectivity index (χ0n) is 23.9. The molecule has 0 spiro atoms. The summed E-state index contributed by atoms with van der Waals surface area (Å²) in [7, 11) is 0. The summed E-state index contributed by atoms with van der Waals surface area (Å²) in [6.07, 6.45) is 2.76. The average Bonchev–Trinajstić information content (AvgIpc) is 3.31. The summed E-state index contributed by atoms with van der Waals surface area (Å²) in [5.41, 5.74) is 2.64. The minimum atomic E-state index is -0.932. The fourth-order valence-electron chi connectivity index (χ4n) is 5.63. The van der Waals surface area contributed by atoms with Gasteiger partial charge in [-0.25, -0.2) is 14.5 Å². The molecule has 2 aromatic carbocycles. The van der Waals surface area contributed by atoms with Crippen molar-refractivity contribution < 1.29 is 23.9 Å². The molecule has 2 aliphatic heterocycles. The minimum absolute atomic E-state index is 0.0944. The first-order chi connectivity index (χ1) is 19.5. The van der Waals surface area contributed by atoms with Crippen LogP contribution in [0.1, 0.15) is 51.2 Å². The molecule has 3 atom stereocenters. The van der Waals surface area contributed by atoms with Gasteiger partial charge < -0.3 is 25.3 Å². The first-order valence-electron chi connectivity index (χ1n) is 14.1. The van der Waals surface area contributed by atoms with Gasteiger partial charge in [-0.3, -0.25) is 9.59 Å². The lowest BCUT2D eigenvalue weighted by Crippen LogP contribution is -2.66. The number of nitrogens with one attached hydrogen (secondary N) is 3. The van der Waals surface area contributed by atoms with Crippen LogP contribution in [0.15, 0.2) is 54.7 Å². The highest BCUT2D eigenvalue weighted by Gasteiger charge is 2.45. The maximum Gasteiger partial charge on any atom is 0.408 e. The quantitative estimate of drug-likeness (QED) is 0.413. The van der Waals surface area contributed by atoms with Gasteiger partial charge in [0.25, 0.3) is 0 Å². The second-order valence-corrected chi connectivity index (χ2v) is 11.8. The van der Waals surface area contributed by atoms with Crippen LogP contribution in [-0.4, -0.2) is 64.1 Å². The van der Waals surface area contributed by atoms with Gasteiger partial charge in [0, 0.05) is 36.1 Å². The Morgan fingerprint density at radius 3 is 2.56 bits per heavy atom. The fourth-order valence-corrected chi connectivity index (χ4v) is 5.63. The number of alkyl carbamates (subject to hydrolysis) is 1. The highest BCUT2D eigenvalue weighted by atomic mass is 16.6. The average molecular weight is 560 g/mol. The second kappa shape index (κ2) is 11.3. The lowest BCUT2D eigenvalue weighted by molar-refractivity contribution is -0.126. The topological polar surface area (TPSA) is 124 Å². The number of fused-ring (bicyclic) bond motifs is 2. The van der Waals surface area contributed by atoms with Gasteiger partial charge in [-0.05, 0) is 64.3 Å². The van der Waals surface area contributed by atoms with Crippen LogP contribution in [0.3, 0.4) is 0 Å². The molecule has 0 aliphatic carbocycles. The normalized spacial score (nSPS) is 20.0. The number of piperidine rings is 1. The number of amides is 5. The number of nitrogens with zero attached hydrogens (tertiary/aromatic N) is 2. The number of ether oxygens (including phenoxy) is 1. The van der Waals surface area contributed by atoms with Gasteiger partial charge in [-0.1, -0.05) is 35.9 Å². The van der Waals surface area contributed by atoms with Crippen molar-refractivity contribution in [2.45, 2.75) is 77.1 Å². The Bertz CT molecular complexity index is 1460. The van der Waals surface area contributed by atoms with E-state index in [4.69, 9.17) is 4.74 Å². The van der Waals surface area contributed by atoms with Crippen molar-refractivity contribution >= 4 is 40.5 Å². The Hall–Kier alpha value is -4.34. The van der Waals surface area contributed by atoms with Crippen LogP contribution in [0.4, 0.5) is 15.3 Å². The first kappa shape index (κ1) is 28.2. The molecule has 0 bridgehead atoms. The van der Waals surface area contributed by atoms with Crippen molar-refractivity contribution in [3.05, 3.63) is 65.9 Å². The number of carbonyl (C=O) groups excluding carboxylic acids is 4. The van der Waals surface area contributed by atoms with Crippen molar-refractivity contribution in [3.8, 4) is 0 Å². The minimum Gasteiger partial charge on any atom is -0.444 e. The Morgan fingerprint density at radius 1 is 1.10 bits per heavy atom. The Kier molecular flexibility index (Phi) is 7.75. The van der Waals surface area contributed by atoms with Crippen LogP contribution in [0.25, 0.3) is 10.9 Å². The first-order valence-corrected chi connectivity index (χ1v) is 14.1. The monoisotopic (exact) mass is 559 g/mol. The molecule has 3 N–H and O–H groups in total. The molecule has 0 saturated carbocycles. The number of carbonyl (C=O) groups is 4. The standard InChI is InChI=1S/C31H37N5O5/c1-19-11-13-21(14-12-19)36-27(37)17-26-24(10-7-15-35(26)30(36)40)33-28(38)25(34-29(39)41-31(2,3)4)16-20-18-32-23-9-6-5-8-22(20)23/h5-6,8-9,11-14,18,24-26,32H,7,10,15-17H2,1-4H3,(H,33,38)(H,34,39)/t24-,25-,26+/m0/s1. The van der Waals surface area contributed by atoms with Gasteiger partial charge >= 0.3 is 12.1 Å². The summed E-state index contributed by atoms with van der Waals surface area (Å²) in [5.74, 6) is -0.697. The summed E-state index contributed by atoms with van der Waals surface area (Å²) >= 11 is 0. The summed E-state index contributed by atoms with van der Waals surface area (Å²) in [6.45, 7) is 7.72. The molecular formula is C31H37N5O5. The van der Waals surface area contributed by atoms with Crippen LogP contribution in [-0.2, 0) is 20.7 Å². The molecule has 2 fully saturated rings. The van der Waals surface area contributed by atoms with E-state index in [0.29, 0.717) is 25.1 Å². The second-order valence-electron chi connectivity index (χ2n) is 11.8. The predicted octanol–water partition coefficient (Wildman–Crippen LogP) is 4.42. The highest BCUT2D eigenvalue weighted by molar-refractivity contribution is 6.16. The zero-order valence-corrected chi connectivity index (χ0v) is 23.9. The smallest absolute Gasteiger partial charge is 0.408 e. The Balaban J connectivity index is 1.34. The fraction of sp³-hybridized carbons (Fsp3) is 0.419. The van der Waals surface area contributed by atoms with E-state index < -0.39 is 35.7 Å². The molecular weight excluding hydrogens is 522 g/mol. The van der Waals surface area contributed by atoms with E-state index in [1.165, 1.54) is 4.90 Å². The van der Waals surface area contributed by atoms with E-state index in [-0.39, 0.29) is 24.8 Å². The predicted molar refractivity (Wildman–Crippen MR) is 155 cm³/mol. The molecule has 0 radical (unpaired) electrons. The molecule has 41 heavy (non-hydrogen) atoms. The summed E-state index contributed by atoms with van der Waals surface area (Å²) in [4.78, 5) is 59.3. The third kappa shape index (κ3) is 6.21. The number of para-hydroxylation sites is 1. The molecule has 2 saturated heterocycles. The number of aryl methyl sites for hydroxylation is 1. The van der Waals surface area contributed by atoms with E-state index in [1.807, 2.05) is 49.5 Å². The van der Waals surface area contributed by atoms with E-state index in [2.05, 4.69) is 15.6 Å². The van der Waals surface area contributed by atoms with Crippen molar-refractivity contribution in [1.29, 1.82) is 0 Å². The third-order valence-electron chi connectivity index (χ3n) is 7.58. The van der Waals surface area contributed by atoms with E-state index >= 15 is 0 Å². The summed E-state index contributed by atoms with van der Waals surface area (Å²) in [6, 6.07) is 12.8. The van der Waals surface area contributed by atoms with Crippen LogP contribution < -0.4 is 15.5 Å².